The molecule has 0 spiro atoms. The van der Waals surface area contributed by atoms with Gasteiger partial charge in [0.05, 0.1) is 13.0 Å². The Bertz CT molecular complexity index is 254. The molecule has 15 heavy (non-hydrogen) atoms. The van der Waals surface area contributed by atoms with Gasteiger partial charge >= 0.3 is 5.91 Å². The molecule has 1 amide bonds. The summed E-state index contributed by atoms with van der Waals surface area (Å²) in [6.07, 6.45) is 2.12. The Kier molecular flexibility index (Phi) is 4.03. The van der Waals surface area contributed by atoms with Crippen molar-refractivity contribution in [2.45, 2.75) is 40.0 Å². The predicted octanol–water partition coefficient (Wildman–Crippen LogP) is 1.76. The number of nitrogens with zero attached hydrogens (tertiary/aromatic N) is 1. The van der Waals surface area contributed by atoms with Crippen molar-refractivity contribution in [3.05, 3.63) is 0 Å². The van der Waals surface area contributed by atoms with Crippen LogP contribution in [0.4, 0.5) is 0 Å². The topological polar surface area (TPSA) is 34.1 Å². The van der Waals surface area contributed by atoms with Gasteiger partial charge in [-0.1, -0.05) is 20.8 Å². The van der Waals surface area contributed by atoms with E-state index in [1.807, 2.05) is 20.8 Å². The monoisotopic (exact) mass is 212 g/mol. The van der Waals surface area contributed by atoms with Crippen LogP contribution in [0.5, 0.6) is 0 Å². The molecule has 1 rings (SSSR count). The summed E-state index contributed by atoms with van der Waals surface area (Å²) in [4.78, 5) is 23.0. The molecule has 3 nitrogen and oxygen atoms in total. The number of hydrogen-bond donors (Lipinski definition) is 0. The summed E-state index contributed by atoms with van der Waals surface area (Å²) >= 11 is 0. The Balaban J connectivity index is 2.26. The molecule has 3 heteroatoms. The molecule has 0 bridgehead atoms. The van der Waals surface area contributed by atoms with E-state index in [2.05, 4.69) is 0 Å². The fraction of sp³-hybridized carbons (Fsp3) is 0.833. The summed E-state index contributed by atoms with van der Waals surface area (Å²) < 4.78 is 0.641. The lowest BCUT2D eigenvalue weighted by atomic mass is 10.0. The van der Waals surface area contributed by atoms with Crippen LogP contribution in [0, 0.1) is 5.92 Å². The van der Waals surface area contributed by atoms with Gasteiger partial charge in [-0.25, -0.2) is 4.79 Å². The van der Waals surface area contributed by atoms with Gasteiger partial charge in [-0.05, 0) is 0 Å². The number of carbonyl (C=O) groups excluding carboxylic acids is 2. The summed E-state index contributed by atoms with van der Waals surface area (Å²) in [7, 11) is 0. The largest absolute Gasteiger partial charge is 0.313 e. The van der Waals surface area contributed by atoms with E-state index in [4.69, 9.17) is 0 Å². The maximum absolute atomic E-state index is 11.6. The van der Waals surface area contributed by atoms with Crippen molar-refractivity contribution in [1.29, 1.82) is 0 Å². The highest BCUT2D eigenvalue weighted by atomic mass is 16.2. The van der Waals surface area contributed by atoms with Crippen molar-refractivity contribution in [2.24, 2.45) is 5.92 Å². The van der Waals surface area contributed by atoms with Crippen LogP contribution in [0.3, 0.4) is 0 Å². The lowest BCUT2D eigenvalue weighted by Crippen LogP contribution is -2.34. The SMILES string of the molecule is CCC(=O)[N+]1(CCCC(=O)C(C)C)CC1. The minimum absolute atomic E-state index is 0.134. The second kappa shape index (κ2) is 4.88. The number of ketones is 1. The van der Waals surface area contributed by atoms with E-state index in [0.29, 0.717) is 29.0 Å². The molecule has 1 aliphatic rings. The highest BCUT2D eigenvalue weighted by Gasteiger charge is 2.47. The van der Waals surface area contributed by atoms with Crippen LogP contribution < -0.4 is 0 Å². The van der Waals surface area contributed by atoms with Crippen LogP contribution in [0.2, 0.25) is 0 Å². The first-order chi connectivity index (χ1) is 7.02. The Labute approximate surface area is 92.0 Å². The van der Waals surface area contributed by atoms with Crippen molar-refractivity contribution >= 4 is 11.7 Å². The molecule has 0 unspecified atom stereocenters. The molecule has 0 saturated carbocycles. The van der Waals surface area contributed by atoms with Crippen LogP contribution >= 0.6 is 0 Å². The second-order valence-electron chi connectivity index (χ2n) is 4.79. The standard InChI is InChI=1S/C12H22NO2/c1-4-12(15)13(8-9-13)7-5-6-11(14)10(2)3/h10H,4-9H2,1-3H3/q+1. The van der Waals surface area contributed by atoms with Crippen molar-refractivity contribution in [1.82, 2.24) is 0 Å². The van der Waals surface area contributed by atoms with Gasteiger partial charge in [0, 0.05) is 18.8 Å². The van der Waals surface area contributed by atoms with E-state index in [-0.39, 0.29) is 5.92 Å². The zero-order valence-electron chi connectivity index (χ0n) is 10.1. The molecule has 0 radical (unpaired) electrons. The minimum Gasteiger partial charge on any atom is -0.299 e. The first kappa shape index (κ1) is 12.4. The summed E-state index contributed by atoms with van der Waals surface area (Å²) in [6.45, 7) is 8.62. The third-order valence-electron chi connectivity index (χ3n) is 3.25. The molecule has 0 atom stereocenters. The van der Waals surface area contributed by atoms with Crippen molar-refractivity contribution in [3.63, 3.8) is 0 Å². The summed E-state index contributed by atoms with van der Waals surface area (Å²) in [5.41, 5.74) is 0. The highest BCUT2D eigenvalue weighted by Crippen LogP contribution is 2.24. The van der Waals surface area contributed by atoms with Crippen molar-refractivity contribution in [3.8, 4) is 0 Å². The fourth-order valence-electron chi connectivity index (χ4n) is 1.90. The quantitative estimate of drug-likeness (QED) is 0.496. The van der Waals surface area contributed by atoms with E-state index in [0.717, 1.165) is 26.1 Å². The maximum atomic E-state index is 11.6. The molecular formula is C12H22NO2+. The van der Waals surface area contributed by atoms with Crippen LogP contribution in [0.1, 0.15) is 40.0 Å². The molecule has 86 valence electrons. The average molecular weight is 212 g/mol. The number of amides is 1. The predicted molar refractivity (Wildman–Crippen MR) is 59.2 cm³/mol. The third-order valence-corrected chi connectivity index (χ3v) is 3.25. The minimum atomic E-state index is 0.134. The Morgan fingerprint density at radius 2 is 1.87 bits per heavy atom. The molecule has 0 aromatic carbocycles. The lowest BCUT2D eigenvalue weighted by molar-refractivity contribution is -0.719. The number of Topliss-reactive ketones (excluding diaryl/α,β-unsaturated/α-hetero) is 1. The van der Waals surface area contributed by atoms with Crippen molar-refractivity contribution < 1.29 is 14.1 Å². The van der Waals surface area contributed by atoms with E-state index >= 15 is 0 Å². The molecule has 1 aliphatic heterocycles. The molecule has 1 fully saturated rings. The number of rotatable bonds is 6. The maximum Gasteiger partial charge on any atom is 0.313 e. The zero-order chi connectivity index (χ0) is 11.5. The molecule has 0 N–H and O–H groups in total. The third kappa shape index (κ3) is 3.13. The number of quaternary nitrogens is 1. The Morgan fingerprint density at radius 3 is 2.27 bits per heavy atom. The van der Waals surface area contributed by atoms with Gasteiger partial charge in [0.25, 0.3) is 0 Å². The van der Waals surface area contributed by atoms with E-state index < -0.39 is 0 Å². The first-order valence-electron chi connectivity index (χ1n) is 5.94. The Morgan fingerprint density at radius 1 is 1.27 bits per heavy atom. The van der Waals surface area contributed by atoms with Gasteiger partial charge in [-0.3, -0.25) is 9.28 Å². The second-order valence-corrected chi connectivity index (χ2v) is 4.79. The van der Waals surface area contributed by atoms with E-state index in [1.165, 1.54) is 0 Å². The van der Waals surface area contributed by atoms with E-state index in [9.17, 15) is 9.59 Å². The van der Waals surface area contributed by atoms with Crippen LogP contribution in [0.25, 0.3) is 0 Å². The number of hydrogen-bond acceptors (Lipinski definition) is 2. The summed E-state index contributed by atoms with van der Waals surface area (Å²) in [6, 6.07) is 0. The number of carbonyl (C=O) groups is 2. The summed E-state index contributed by atoms with van der Waals surface area (Å²) in [5, 5.41) is 0. The lowest BCUT2D eigenvalue weighted by Gasteiger charge is -2.14. The molecule has 1 heterocycles. The molecule has 0 aromatic heterocycles. The Hall–Kier alpha value is -0.700. The molecule has 0 aromatic rings. The van der Waals surface area contributed by atoms with Crippen LogP contribution in [-0.4, -0.2) is 35.8 Å². The first-order valence-corrected chi connectivity index (χ1v) is 5.94. The normalized spacial score (nSPS) is 17.9. The van der Waals surface area contributed by atoms with Gasteiger partial charge in [0.2, 0.25) is 0 Å². The van der Waals surface area contributed by atoms with Crippen LogP contribution in [0.15, 0.2) is 0 Å². The zero-order valence-corrected chi connectivity index (χ0v) is 10.1. The van der Waals surface area contributed by atoms with Gasteiger partial charge in [0.1, 0.15) is 18.9 Å². The van der Waals surface area contributed by atoms with Gasteiger partial charge in [-0.2, -0.15) is 0 Å². The van der Waals surface area contributed by atoms with Gasteiger partial charge in [0.15, 0.2) is 0 Å². The molecule has 1 saturated heterocycles. The highest BCUT2D eigenvalue weighted by molar-refractivity contribution is 5.80. The fourth-order valence-corrected chi connectivity index (χ4v) is 1.90. The van der Waals surface area contributed by atoms with E-state index in [1.54, 1.807) is 0 Å². The molecular weight excluding hydrogens is 190 g/mol. The van der Waals surface area contributed by atoms with Gasteiger partial charge in [-0.15, -0.1) is 0 Å². The van der Waals surface area contributed by atoms with Crippen LogP contribution in [-0.2, 0) is 9.59 Å². The average Bonchev–Trinajstić information content (AvgIpc) is 2.97. The van der Waals surface area contributed by atoms with Crippen molar-refractivity contribution in [2.75, 3.05) is 19.6 Å². The smallest absolute Gasteiger partial charge is 0.299 e. The molecule has 0 aliphatic carbocycles. The van der Waals surface area contributed by atoms with Gasteiger partial charge < -0.3 is 0 Å². The summed E-state index contributed by atoms with van der Waals surface area (Å²) in [5.74, 6) is 0.792.